The van der Waals surface area contributed by atoms with Gasteiger partial charge in [0.2, 0.25) is 0 Å². The molecule has 0 saturated carbocycles. The van der Waals surface area contributed by atoms with E-state index in [4.69, 9.17) is 9.47 Å². The first-order chi connectivity index (χ1) is 21.9. The van der Waals surface area contributed by atoms with Crippen LogP contribution < -0.4 is 10.3 Å². The fraction of sp³-hybridized carbons (Fsp3) is 0.219. The smallest absolute Gasteiger partial charge is 0.299 e. The van der Waals surface area contributed by atoms with E-state index in [1.54, 1.807) is 38.1 Å². The van der Waals surface area contributed by atoms with Crippen LogP contribution in [0.5, 0.6) is 17.2 Å². The number of nitrogens with zero attached hydrogens (tertiary/aromatic N) is 5. The summed E-state index contributed by atoms with van der Waals surface area (Å²) in [6, 6.07) is 16.6. The summed E-state index contributed by atoms with van der Waals surface area (Å²) in [4.78, 5) is 12.9. The number of methoxy groups -OCH3 is 2. The first kappa shape index (κ1) is 35.0. The number of ether oxygens (including phenoxy) is 2. The Morgan fingerprint density at radius 3 is 2.26 bits per heavy atom. The van der Waals surface area contributed by atoms with Crippen molar-refractivity contribution in [2.24, 2.45) is 20.5 Å². The van der Waals surface area contributed by atoms with Crippen LogP contribution in [-0.4, -0.2) is 55.0 Å². The molecule has 1 aromatic heterocycles. The van der Waals surface area contributed by atoms with Crippen LogP contribution in [0.3, 0.4) is 0 Å². The Morgan fingerprint density at radius 1 is 0.872 bits per heavy atom. The van der Waals surface area contributed by atoms with Gasteiger partial charge in [0.05, 0.1) is 36.5 Å². The van der Waals surface area contributed by atoms with E-state index in [9.17, 15) is 23.4 Å². The molecule has 0 fully saturated rings. The van der Waals surface area contributed by atoms with Gasteiger partial charge in [0.1, 0.15) is 27.8 Å². The maximum Gasteiger partial charge on any atom is 0.299 e. The summed E-state index contributed by atoms with van der Waals surface area (Å²) in [5.41, 5.74) is 3.10. The average Bonchev–Trinajstić information content (AvgIpc) is 3.32. The average molecular weight is 708 g/mol. The SMILES string of the molecule is COCCS(=O)(=O)c1cc(O)c(N=Nc2c(C)cc3ccc(N=Nc4c(C)[nH]n(-c5ccc(C)cc5)c4=O)cc3c2O)cc1OC.[Cu]. The third-order valence-corrected chi connectivity index (χ3v) is 8.96. The van der Waals surface area contributed by atoms with Crippen LogP contribution in [-0.2, 0) is 31.6 Å². The predicted molar refractivity (Wildman–Crippen MR) is 173 cm³/mol. The molecule has 1 heterocycles. The van der Waals surface area contributed by atoms with Crippen molar-refractivity contribution in [2.75, 3.05) is 26.6 Å². The molecular formula is C32H32CuN6O7S. The molecule has 0 aliphatic rings. The van der Waals surface area contributed by atoms with Crippen molar-refractivity contribution in [3.63, 3.8) is 0 Å². The predicted octanol–water partition coefficient (Wildman–Crippen LogP) is 6.91. The summed E-state index contributed by atoms with van der Waals surface area (Å²) in [6.45, 7) is 5.40. The van der Waals surface area contributed by atoms with Gasteiger partial charge in [-0.25, -0.2) is 13.1 Å². The summed E-state index contributed by atoms with van der Waals surface area (Å²) in [5.74, 6) is -0.967. The number of H-pyrrole nitrogens is 1. The Kier molecular flexibility index (Phi) is 10.7. The number of aromatic hydroxyl groups is 2. The van der Waals surface area contributed by atoms with Crippen molar-refractivity contribution < 1.29 is 45.2 Å². The molecule has 3 N–H and O–H groups in total. The molecule has 5 aromatic rings. The molecular weight excluding hydrogens is 676 g/mol. The number of phenols is 2. The third kappa shape index (κ3) is 7.28. The second kappa shape index (κ2) is 14.3. The van der Waals surface area contributed by atoms with Gasteiger partial charge in [-0.15, -0.1) is 15.3 Å². The van der Waals surface area contributed by atoms with Crippen LogP contribution in [0.25, 0.3) is 16.5 Å². The Hall–Kier alpha value is -4.82. The number of aromatic amines is 1. The van der Waals surface area contributed by atoms with Crippen molar-refractivity contribution in [1.82, 2.24) is 9.78 Å². The van der Waals surface area contributed by atoms with Crippen molar-refractivity contribution in [2.45, 2.75) is 25.7 Å². The number of nitrogens with one attached hydrogen (secondary N) is 1. The first-order valence-corrected chi connectivity index (χ1v) is 15.7. The van der Waals surface area contributed by atoms with Crippen molar-refractivity contribution >= 4 is 43.4 Å². The molecule has 249 valence electrons. The van der Waals surface area contributed by atoms with E-state index >= 15 is 0 Å². The van der Waals surface area contributed by atoms with Gasteiger partial charge in [0.15, 0.2) is 21.3 Å². The molecule has 13 nitrogen and oxygen atoms in total. The number of phenolic OH excluding ortho intramolecular Hbond substituents is 2. The summed E-state index contributed by atoms with van der Waals surface area (Å²) < 4.78 is 36.9. The number of aromatic nitrogens is 2. The molecule has 0 aliphatic heterocycles. The minimum atomic E-state index is -3.81. The van der Waals surface area contributed by atoms with E-state index in [-0.39, 0.29) is 68.4 Å². The Morgan fingerprint density at radius 2 is 1.57 bits per heavy atom. The number of sulfone groups is 1. The maximum atomic E-state index is 13.1. The quantitative estimate of drug-likeness (QED) is 0.104. The minimum Gasteiger partial charge on any atom is -0.506 e. The van der Waals surface area contributed by atoms with Gasteiger partial charge >= 0.3 is 0 Å². The van der Waals surface area contributed by atoms with Crippen LogP contribution in [0.4, 0.5) is 22.7 Å². The van der Waals surface area contributed by atoms with Gasteiger partial charge in [-0.1, -0.05) is 23.8 Å². The minimum absolute atomic E-state index is 0. The van der Waals surface area contributed by atoms with E-state index in [0.29, 0.717) is 33.4 Å². The number of hydrogen-bond acceptors (Lipinski definition) is 11. The van der Waals surface area contributed by atoms with Gasteiger partial charge < -0.3 is 19.7 Å². The third-order valence-electron chi connectivity index (χ3n) is 7.27. The number of hydrogen-bond donors (Lipinski definition) is 3. The molecule has 0 spiro atoms. The zero-order chi connectivity index (χ0) is 33.2. The molecule has 15 heteroatoms. The van der Waals surface area contributed by atoms with Crippen LogP contribution in [0.2, 0.25) is 0 Å². The van der Waals surface area contributed by atoms with Gasteiger partial charge in [0, 0.05) is 41.7 Å². The Labute approximate surface area is 281 Å². The molecule has 47 heavy (non-hydrogen) atoms. The first-order valence-electron chi connectivity index (χ1n) is 14.0. The zero-order valence-corrected chi connectivity index (χ0v) is 27.8. The second-order valence-corrected chi connectivity index (χ2v) is 12.6. The maximum absolute atomic E-state index is 13.1. The van der Waals surface area contributed by atoms with Crippen molar-refractivity contribution in [3.8, 4) is 22.9 Å². The van der Waals surface area contributed by atoms with Gasteiger partial charge in [0.25, 0.3) is 5.56 Å². The number of aryl methyl sites for hydroxylation is 3. The van der Waals surface area contributed by atoms with Crippen LogP contribution in [0.15, 0.2) is 90.8 Å². The molecule has 0 saturated heterocycles. The van der Waals surface area contributed by atoms with Crippen LogP contribution >= 0.6 is 0 Å². The second-order valence-electron chi connectivity index (χ2n) is 10.6. The van der Waals surface area contributed by atoms with E-state index in [1.807, 2.05) is 31.2 Å². The molecule has 0 aliphatic carbocycles. The molecule has 5 rings (SSSR count). The number of azo groups is 2. The standard InChI is InChI=1S/C32H32N6O7S.Cu/c1-18-6-10-23(11-7-18)38-32(41)30(20(3)37-38)36-33-22-9-8-21-14-19(2)29(31(40)24(21)15-22)35-34-25-16-27(45-5)28(17-26(25)39)46(42,43)13-12-44-4;/h6-11,14-17,37,39-40H,12-13H2,1-5H3;. The molecule has 4 aromatic carbocycles. The fourth-order valence-electron chi connectivity index (χ4n) is 4.75. The summed E-state index contributed by atoms with van der Waals surface area (Å²) >= 11 is 0. The van der Waals surface area contributed by atoms with Crippen molar-refractivity contribution in [3.05, 3.63) is 87.8 Å². The van der Waals surface area contributed by atoms with Crippen molar-refractivity contribution in [1.29, 1.82) is 0 Å². The topological polar surface area (TPSA) is 180 Å². The number of fused-ring (bicyclic) bond motifs is 1. The van der Waals surface area contributed by atoms with Crippen LogP contribution in [0, 0.1) is 20.8 Å². The monoisotopic (exact) mass is 707 g/mol. The molecule has 0 amide bonds. The van der Waals surface area contributed by atoms with Gasteiger partial charge in [-0.2, -0.15) is 5.11 Å². The number of rotatable bonds is 10. The molecule has 0 bridgehead atoms. The Bertz CT molecular complexity index is 2180. The molecule has 0 unspecified atom stereocenters. The molecule has 1 radical (unpaired) electrons. The Balaban J connectivity index is 0.00000500. The van der Waals surface area contributed by atoms with Gasteiger partial charge in [-0.3, -0.25) is 9.89 Å². The van der Waals surface area contributed by atoms with E-state index in [2.05, 4.69) is 25.6 Å². The summed E-state index contributed by atoms with van der Waals surface area (Å²) in [5, 5.41) is 42.6. The largest absolute Gasteiger partial charge is 0.506 e. The van der Waals surface area contributed by atoms with Gasteiger partial charge in [-0.05, 0) is 62.1 Å². The zero-order valence-electron chi connectivity index (χ0n) is 26.1. The summed E-state index contributed by atoms with van der Waals surface area (Å²) in [6.07, 6.45) is 0. The van der Waals surface area contributed by atoms with E-state index < -0.39 is 15.6 Å². The van der Waals surface area contributed by atoms with E-state index in [1.165, 1.54) is 25.0 Å². The van der Waals surface area contributed by atoms with Crippen LogP contribution in [0.1, 0.15) is 16.8 Å². The fourth-order valence-corrected chi connectivity index (χ4v) is 6.09. The molecule has 0 atom stereocenters. The summed E-state index contributed by atoms with van der Waals surface area (Å²) in [7, 11) is -1.13. The normalized spacial score (nSPS) is 11.9. The number of benzene rings is 4. The van der Waals surface area contributed by atoms with E-state index in [0.717, 1.165) is 11.6 Å².